The predicted octanol–water partition coefficient (Wildman–Crippen LogP) is 4.17. The number of carbonyl (C=O) groups excluding carboxylic acids is 2. The van der Waals surface area contributed by atoms with Gasteiger partial charge in [0.1, 0.15) is 12.4 Å². The normalized spacial score (nSPS) is 17.2. The molecule has 1 fully saturated rings. The van der Waals surface area contributed by atoms with E-state index in [2.05, 4.69) is 27.8 Å². The van der Waals surface area contributed by atoms with E-state index in [1.165, 1.54) is 6.42 Å². The summed E-state index contributed by atoms with van der Waals surface area (Å²) in [5.74, 6) is 0.967. The smallest absolute Gasteiger partial charge is 0.228 e. The number of rotatable bonds is 7. The molecule has 26 heavy (non-hydrogen) atoms. The van der Waals surface area contributed by atoms with Crippen molar-refractivity contribution < 1.29 is 14.3 Å². The molecule has 0 bridgehead atoms. The molecule has 0 radical (unpaired) electrons. The van der Waals surface area contributed by atoms with Gasteiger partial charge in [0.05, 0.1) is 5.56 Å². The van der Waals surface area contributed by atoms with Crippen molar-refractivity contribution in [2.24, 2.45) is 5.92 Å². The summed E-state index contributed by atoms with van der Waals surface area (Å²) >= 11 is 2.98. The Bertz CT molecular complexity index is 791. The second-order valence-electron chi connectivity index (χ2n) is 6.69. The minimum Gasteiger partial charge on any atom is -0.491 e. The van der Waals surface area contributed by atoms with Crippen LogP contribution in [0.1, 0.15) is 39.6 Å². The number of benzene rings is 2. The van der Waals surface area contributed by atoms with Gasteiger partial charge in [-0.2, -0.15) is 0 Å². The highest BCUT2D eigenvalue weighted by Gasteiger charge is 2.23. The van der Waals surface area contributed by atoms with Crippen LogP contribution in [-0.2, 0) is 0 Å². The summed E-state index contributed by atoms with van der Waals surface area (Å²) in [4.78, 5) is 27.3. The molecule has 1 saturated heterocycles. The van der Waals surface area contributed by atoms with E-state index in [9.17, 15) is 9.59 Å². The molecule has 0 amide bonds. The fourth-order valence-corrected chi connectivity index (χ4v) is 3.63. The van der Waals surface area contributed by atoms with Crippen LogP contribution in [-0.4, -0.2) is 41.6 Å². The van der Waals surface area contributed by atoms with E-state index in [1.54, 1.807) is 42.5 Å². The van der Waals surface area contributed by atoms with Gasteiger partial charge in [-0.25, -0.2) is 0 Å². The van der Waals surface area contributed by atoms with E-state index < -0.39 is 0 Å². The van der Waals surface area contributed by atoms with Crippen molar-refractivity contribution in [3.63, 3.8) is 0 Å². The monoisotopic (exact) mass is 415 g/mol. The second kappa shape index (κ2) is 8.60. The highest BCUT2D eigenvalue weighted by atomic mass is 79.9. The third-order valence-electron chi connectivity index (χ3n) is 4.67. The fourth-order valence-electron chi connectivity index (χ4n) is 3.30. The second-order valence-corrected chi connectivity index (χ2v) is 7.41. The van der Waals surface area contributed by atoms with Gasteiger partial charge in [-0.1, -0.05) is 43.3 Å². The van der Waals surface area contributed by atoms with Crippen molar-refractivity contribution in [2.45, 2.75) is 13.3 Å². The number of ketones is 1. The zero-order valence-electron chi connectivity index (χ0n) is 14.8. The Morgan fingerprint density at radius 1 is 1.15 bits per heavy atom. The molecule has 1 unspecified atom stereocenters. The number of nitrogens with zero attached hydrogens (tertiary/aromatic N) is 1. The Morgan fingerprint density at radius 3 is 2.58 bits per heavy atom. The van der Waals surface area contributed by atoms with Gasteiger partial charge >= 0.3 is 0 Å². The van der Waals surface area contributed by atoms with Crippen LogP contribution < -0.4 is 4.74 Å². The molecule has 1 aliphatic heterocycles. The SMILES string of the molecule is CC1CCN(CCOc2cccc(C(=O)Br)c2C(=O)c2ccccc2)C1. The van der Waals surface area contributed by atoms with Gasteiger partial charge in [0.2, 0.25) is 4.69 Å². The topological polar surface area (TPSA) is 46.6 Å². The summed E-state index contributed by atoms with van der Waals surface area (Å²) in [6.45, 7) is 5.72. The number of hydrogen-bond donors (Lipinski definition) is 0. The largest absolute Gasteiger partial charge is 0.491 e. The standard InChI is InChI=1S/C21H22BrNO3/c1-15-10-11-23(14-15)12-13-26-18-9-5-8-17(21(22)25)19(18)20(24)16-6-3-2-4-7-16/h2-9,15H,10-14H2,1H3. The molecule has 0 N–H and O–H groups in total. The van der Waals surface area contributed by atoms with Gasteiger partial charge in [0, 0.05) is 24.2 Å². The minimum atomic E-state index is -0.324. The van der Waals surface area contributed by atoms with Crippen LogP contribution in [0, 0.1) is 5.92 Å². The van der Waals surface area contributed by atoms with Crippen molar-refractivity contribution in [3.8, 4) is 5.75 Å². The summed E-state index contributed by atoms with van der Waals surface area (Å²) in [6.07, 6.45) is 1.21. The molecule has 5 heteroatoms. The van der Waals surface area contributed by atoms with E-state index in [0.717, 1.165) is 25.6 Å². The third kappa shape index (κ3) is 4.40. The van der Waals surface area contributed by atoms with Crippen LogP contribution in [0.25, 0.3) is 0 Å². The van der Waals surface area contributed by atoms with Gasteiger partial charge in [0.15, 0.2) is 5.78 Å². The summed E-state index contributed by atoms with van der Waals surface area (Å²) in [5.41, 5.74) is 1.17. The molecule has 0 saturated carbocycles. The highest BCUT2D eigenvalue weighted by Crippen LogP contribution is 2.27. The lowest BCUT2D eigenvalue weighted by Crippen LogP contribution is -2.26. The van der Waals surface area contributed by atoms with E-state index >= 15 is 0 Å². The molecule has 0 aliphatic carbocycles. The molecule has 2 aromatic carbocycles. The van der Waals surface area contributed by atoms with E-state index in [1.807, 2.05) is 6.07 Å². The van der Waals surface area contributed by atoms with E-state index in [-0.39, 0.29) is 10.5 Å². The minimum absolute atomic E-state index is 0.209. The maximum atomic E-state index is 13.0. The Hall–Kier alpha value is -1.98. The van der Waals surface area contributed by atoms with E-state index in [0.29, 0.717) is 29.0 Å². The molecular formula is C21H22BrNO3. The Kier molecular flexibility index (Phi) is 6.22. The van der Waals surface area contributed by atoms with Crippen LogP contribution in [0.3, 0.4) is 0 Å². The van der Waals surface area contributed by atoms with Crippen molar-refractivity contribution >= 4 is 26.4 Å². The Morgan fingerprint density at radius 2 is 1.92 bits per heavy atom. The summed E-state index contributed by atoms with van der Waals surface area (Å²) in [5, 5.41) is 0. The summed E-state index contributed by atoms with van der Waals surface area (Å²) in [7, 11) is 0. The van der Waals surface area contributed by atoms with Gasteiger partial charge < -0.3 is 4.74 Å². The molecule has 0 aromatic heterocycles. The first kappa shape index (κ1) is 18.8. The molecule has 1 aliphatic rings. The molecule has 1 heterocycles. The van der Waals surface area contributed by atoms with Crippen LogP contribution in [0.2, 0.25) is 0 Å². The average Bonchev–Trinajstić information content (AvgIpc) is 3.07. The fraction of sp³-hybridized carbons (Fsp3) is 0.333. The summed E-state index contributed by atoms with van der Waals surface area (Å²) in [6, 6.07) is 14.1. The molecule has 0 spiro atoms. The van der Waals surface area contributed by atoms with Crippen LogP contribution >= 0.6 is 15.9 Å². The number of likely N-dealkylation sites (tertiary alicyclic amines) is 1. The van der Waals surface area contributed by atoms with E-state index in [4.69, 9.17) is 4.74 Å². The van der Waals surface area contributed by atoms with Crippen LogP contribution in [0.4, 0.5) is 0 Å². The molecule has 4 nitrogen and oxygen atoms in total. The molecule has 1 atom stereocenters. The lowest BCUT2D eigenvalue weighted by molar-refractivity contribution is 0.102. The number of halogens is 1. The predicted molar refractivity (Wildman–Crippen MR) is 105 cm³/mol. The molecular weight excluding hydrogens is 394 g/mol. The number of ether oxygens (including phenoxy) is 1. The van der Waals surface area contributed by atoms with Crippen LogP contribution in [0.15, 0.2) is 48.5 Å². The van der Waals surface area contributed by atoms with Crippen molar-refractivity contribution in [2.75, 3.05) is 26.2 Å². The lowest BCUT2D eigenvalue weighted by Gasteiger charge is -2.17. The molecule has 136 valence electrons. The first-order chi connectivity index (χ1) is 12.6. The maximum Gasteiger partial charge on any atom is 0.228 e. The average molecular weight is 416 g/mol. The number of hydrogen-bond acceptors (Lipinski definition) is 4. The van der Waals surface area contributed by atoms with Gasteiger partial charge in [-0.05, 0) is 46.9 Å². The number of carbonyl (C=O) groups is 2. The van der Waals surface area contributed by atoms with Gasteiger partial charge in [-0.3, -0.25) is 14.5 Å². The van der Waals surface area contributed by atoms with Crippen molar-refractivity contribution in [1.29, 1.82) is 0 Å². The Balaban J connectivity index is 1.81. The summed E-state index contributed by atoms with van der Waals surface area (Å²) < 4.78 is 5.61. The quantitative estimate of drug-likeness (QED) is 0.502. The van der Waals surface area contributed by atoms with Gasteiger partial charge in [-0.15, -0.1) is 0 Å². The molecule has 2 aromatic rings. The Labute approximate surface area is 162 Å². The molecule has 3 rings (SSSR count). The zero-order chi connectivity index (χ0) is 18.5. The lowest BCUT2D eigenvalue weighted by atomic mass is 9.98. The van der Waals surface area contributed by atoms with Crippen LogP contribution in [0.5, 0.6) is 5.75 Å². The third-order valence-corrected chi connectivity index (χ3v) is 5.10. The zero-order valence-corrected chi connectivity index (χ0v) is 16.4. The first-order valence-electron chi connectivity index (χ1n) is 8.84. The highest BCUT2D eigenvalue weighted by molar-refractivity contribution is 9.18. The maximum absolute atomic E-state index is 13.0. The first-order valence-corrected chi connectivity index (χ1v) is 9.63. The van der Waals surface area contributed by atoms with Crippen molar-refractivity contribution in [3.05, 3.63) is 65.2 Å². The van der Waals surface area contributed by atoms with Gasteiger partial charge in [0.25, 0.3) is 0 Å². The van der Waals surface area contributed by atoms with Crippen molar-refractivity contribution in [1.82, 2.24) is 4.90 Å².